The maximum Gasteiger partial charge on any atom is 0.524 e. The minimum Gasteiger partial charge on any atom is -0.404 e. The number of phosphoric acid groups is 1. The first-order chi connectivity index (χ1) is 9.53. The van der Waals surface area contributed by atoms with Crippen LogP contribution in [-0.2, 0) is 4.57 Å². The molecule has 102 valence electrons. The number of hydrogen-bond donors (Lipinski definition) is 2. The fraction of sp³-hybridized carbons (Fsp3) is 0. The third-order valence-electron chi connectivity index (χ3n) is 2.63. The molecule has 3 aromatic rings. The van der Waals surface area contributed by atoms with Crippen molar-refractivity contribution in [2.24, 2.45) is 0 Å². The van der Waals surface area contributed by atoms with E-state index >= 15 is 0 Å². The molecular weight excluding hydrogens is 297 g/mol. The van der Waals surface area contributed by atoms with Crippen LogP contribution in [0.25, 0.3) is 20.8 Å². The van der Waals surface area contributed by atoms with Crippen LogP contribution in [0.4, 0.5) is 0 Å². The normalized spacial score (nSPS) is 11.7. The van der Waals surface area contributed by atoms with Crippen molar-refractivity contribution in [3.8, 4) is 16.3 Å². The average Bonchev–Trinajstić information content (AvgIpc) is 2.81. The van der Waals surface area contributed by atoms with Gasteiger partial charge in [0.2, 0.25) is 0 Å². The van der Waals surface area contributed by atoms with Gasteiger partial charge in [-0.3, -0.25) is 9.79 Å². The van der Waals surface area contributed by atoms with Crippen molar-refractivity contribution < 1.29 is 18.9 Å². The molecule has 7 heteroatoms. The zero-order valence-corrected chi connectivity index (χ0v) is 11.8. The predicted molar refractivity (Wildman–Crippen MR) is 77.7 cm³/mol. The molecule has 0 saturated heterocycles. The molecule has 1 heterocycles. The third-order valence-corrected chi connectivity index (χ3v) is 4.13. The monoisotopic (exact) mass is 307 g/mol. The number of nitrogens with zero attached hydrogens (tertiary/aromatic N) is 1. The zero-order chi connectivity index (χ0) is 14.2. The van der Waals surface area contributed by atoms with Crippen molar-refractivity contribution in [1.29, 1.82) is 0 Å². The molecule has 0 fully saturated rings. The molecule has 0 saturated carbocycles. The van der Waals surface area contributed by atoms with Crippen LogP contribution in [0.3, 0.4) is 0 Å². The van der Waals surface area contributed by atoms with Crippen LogP contribution in [0.2, 0.25) is 0 Å². The van der Waals surface area contributed by atoms with E-state index in [0.29, 0.717) is 10.6 Å². The first-order valence-corrected chi connectivity index (χ1v) is 8.08. The Morgan fingerprint density at radius 1 is 1.05 bits per heavy atom. The maximum absolute atomic E-state index is 11.0. The van der Waals surface area contributed by atoms with E-state index in [2.05, 4.69) is 4.98 Å². The van der Waals surface area contributed by atoms with Crippen molar-refractivity contribution in [3.63, 3.8) is 0 Å². The Bertz CT molecular complexity index is 778. The molecule has 5 nitrogen and oxygen atoms in total. The molecule has 2 aromatic carbocycles. The van der Waals surface area contributed by atoms with E-state index in [1.54, 1.807) is 18.2 Å². The van der Waals surface area contributed by atoms with E-state index in [0.717, 1.165) is 10.2 Å². The first kappa shape index (κ1) is 13.3. The van der Waals surface area contributed by atoms with Gasteiger partial charge in [0, 0.05) is 0 Å². The molecule has 1 aromatic heterocycles. The predicted octanol–water partition coefficient (Wildman–Crippen LogP) is 3.43. The summed E-state index contributed by atoms with van der Waals surface area (Å²) in [4.78, 5) is 22.4. The minimum absolute atomic E-state index is 0.125. The number of benzene rings is 2. The van der Waals surface area contributed by atoms with E-state index in [-0.39, 0.29) is 5.75 Å². The molecule has 0 unspecified atom stereocenters. The van der Waals surface area contributed by atoms with Crippen molar-refractivity contribution in [2.75, 3.05) is 0 Å². The van der Waals surface area contributed by atoms with Gasteiger partial charge in [0.1, 0.15) is 10.8 Å². The number of hydrogen-bond acceptors (Lipinski definition) is 4. The highest BCUT2D eigenvalue weighted by molar-refractivity contribution is 7.46. The van der Waals surface area contributed by atoms with E-state index in [4.69, 9.17) is 14.3 Å². The third kappa shape index (κ3) is 2.73. The van der Waals surface area contributed by atoms with Gasteiger partial charge >= 0.3 is 7.82 Å². The molecular formula is C13H10NO4PS. The molecule has 0 bridgehead atoms. The number of rotatable bonds is 3. The van der Waals surface area contributed by atoms with Gasteiger partial charge in [-0.15, -0.1) is 11.3 Å². The van der Waals surface area contributed by atoms with Crippen LogP contribution in [0.5, 0.6) is 5.75 Å². The Hall–Kier alpha value is -1.72. The lowest BCUT2D eigenvalue weighted by Gasteiger charge is -2.09. The summed E-state index contributed by atoms with van der Waals surface area (Å²) in [5, 5.41) is 0.662. The second-order valence-corrected chi connectivity index (χ2v) is 6.26. The molecule has 0 aliphatic rings. The topological polar surface area (TPSA) is 79.7 Å². The van der Waals surface area contributed by atoms with Crippen LogP contribution < -0.4 is 4.52 Å². The van der Waals surface area contributed by atoms with Gasteiger partial charge in [-0.2, -0.15) is 0 Å². The highest BCUT2D eigenvalue weighted by Crippen LogP contribution is 2.43. The molecule has 3 rings (SSSR count). The summed E-state index contributed by atoms with van der Waals surface area (Å²) >= 11 is 1.45. The van der Waals surface area contributed by atoms with Gasteiger partial charge in [0.25, 0.3) is 0 Å². The highest BCUT2D eigenvalue weighted by atomic mass is 32.1. The Morgan fingerprint density at radius 2 is 1.75 bits per heavy atom. The molecule has 0 radical (unpaired) electrons. The Kier molecular flexibility index (Phi) is 3.31. The highest BCUT2D eigenvalue weighted by Gasteiger charge is 2.20. The fourth-order valence-electron chi connectivity index (χ4n) is 1.84. The van der Waals surface area contributed by atoms with Crippen LogP contribution >= 0.6 is 19.2 Å². The molecule has 0 atom stereocenters. The molecule has 2 N–H and O–H groups in total. The number of para-hydroxylation sites is 2. The standard InChI is InChI=1S/C13H10NO4PS/c15-19(16,17)18-11-7-3-1-5-9(11)13-14-10-6-2-4-8-12(10)20-13/h1-8H,(H2,15,16,17). The molecule has 20 heavy (non-hydrogen) atoms. The fourth-order valence-corrected chi connectivity index (χ4v) is 3.25. The second-order valence-electron chi connectivity index (χ2n) is 4.06. The van der Waals surface area contributed by atoms with Gasteiger partial charge in [-0.05, 0) is 24.3 Å². The van der Waals surface area contributed by atoms with Crippen LogP contribution in [0, 0.1) is 0 Å². The Labute approximate surface area is 118 Å². The smallest absolute Gasteiger partial charge is 0.404 e. The Balaban J connectivity index is 2.11. The van der Waals surface area contributed by atoms with Crippen LogP contribution in [0.1, 0.15) is 0 Å². The van der Waals surface area contributed by atoms with Crippen LogP contribution in [0.15, 0.2) is 48.5 Å². The molecule has 0 amide bonds. The quantitative estimate of drug-likeness (QED) is 0.725. The maximum atomic E-state index is 11.0. The van der Waals surface area contributed by atoms with Gasteiger partial charge < -0.3 is 4.52 Å². The van der Waals surface area contributed by atoms with E-state index in [1.807, 2.05) is 24.3 Å². The largest absolute Gasteiger partial charge is 0.524 e. The van der Waals surface area contributed by atoms with E-state index in [9.17, 15) is 4.57 Å². The van der Waals surface area contributed by atoms with Crippen molar-refractivity contribution >= 4 is 29.4 Å². The van der Waals surface area contributed by atoms with E-state index < -0.39 is 7.82 Å². The van der Waals surface area contributed by atoms with Gasteiger partial charge in [0.05, 0.1) is 15.8 Å². The summed E-state index contributed by atoms with van der Waals surface area (Å²) < 4.78 is 16.7. The molecule has 0 aliphatic heterocycles. The second kappa shape index (κ2) is 5.00. The average molecular weight is 307 g/mol. The van der Waals surface area contributed by atoms with Gasteiger partial charge in [-0.25, -0.2) is 9.55 Å². The van der Waals surface area contributed by atoms with Crippen molar-refractivity contribution in [2.45, 2.75) is 0 Å². The summed E-state index contributed by atoms with van der Waals surface area (Å²) in [6.07, 6.45) is 0. The lowest BCUT2D eigenvalue weighted by atomic mass is 10.2. The lowest BCUT2D eigenvalue weighted by Crippen LogP contribution is -1.92. The summed E-state index contributed by atoms with van der Waals surface area (Å²) in [5.74, 6) is 0.125. The summed E-state index contributed by atoms with van der Waals surface area (Å²) in [5.41, 5.74) is 1.41. The summed E-state index contributed by atoms with van der Waals surface area (Å²) in [7, 11) is -4.59. The number of fused-ring (bicyclic) bond motifs is 1. The summed E-state index contributed by atoms with van der Waals surface area (Å²) in [6, 6.07) is 14.3. The lowest BCUT2D eigenvalue weighted by molar-refractivity contribution is 0.283. The van der Waals surface area contributed by atoms with Gasteiger partial charge in [-0.1, -0.05) is 24.3 Å². The Morgan fingerprint density at radius 3 is 2.50 bits per heavy atom. The number of thiazole rings is 1. The molecule has 0 aliphatic carbocycles. The van der Waals surface area contributed by atoms with Crippen molar-refractivity contribution in [3.05, 3.63) is 48.5 Å². The SMILES string of the molecule is O=P(O)(O)Oc1ccccc1-c1nc2ccccc2s1. The molecule has 0 spiro atoms. The van der Waals surface area contributed by atoms with Gasteiger partial charge in [0.15, 0.2) is 0 Å². The van der Waals surface area contributed by atoms with Crippen molar-refractivity contribution in [1.82, 2.24) is 4.98 Å². The minimum atomic E-state index is -4.59. The number of aromatic nitrogens is 1. The van der Waals surface area contributed by atoms with Crippen LogP contribution in [-0.4, -0.2) is 14.8 Å². The zero-order valence-electron chi connectivity index (χ0n) is 10.1. The van der Waals surface area contributed by atoms with E-state index in [1.165, 1.54) is 17.4 Å². The summed E-state index contributed by atoms with van der Waals surface area (Å²) in [6.45, 7) is 0. The number of phosphoric ester groups is 1. The first-order valence-electron chi connectivity index (χ1n) is 5.73.